The van der Waals surface area contributed by atoms with Crippen LogP contribution in [-0.2, 0) is 11.2 Å². The Balaban J connectivity index is 1.38. The molecule has 2 aliphatic heterocycles. The fourth-order valence-electron chi connectivity index (χ4n) is 7.60. The van der Waals surface area contributed by atoms with Crippen molar-refractivity contribution in [2.75, 3.05) is 58.6 Å². The van der Waals surface area contributed by atoms with E-state index in [1.54, 1.807) is 31.3 Å². The summed E-state index contributed by atoms with van der Waals surface area (Å²) in [4.78, 5) is 18.4. The number of aromatic nitrogens is 3. The number of β-amino-alcohol motifs (C(OH)–C–C–N with tert-alkyl or cyclic N) is 1. The molecule has 4 aromatic rings. The van der Waals surface area contributed by atoms with E-state index in [0.717, 1.165) is 32.4 Å². The maximum atomic E-state index is 17.0. The Morgan fingerprint density at radius 3 is 2.74 bits per heavy atom. The molecule has 46 heavy (non-hydrogen) atoms. The van der Waals surface area contributed by atoms with Crippen molar-refractivity contribution >= 4 is 27.5 Å². The number of piperidine rings is 2. The van der Waals surface area contributed by atoms with E-state index in [0.29, 0.717) is 77.3 Å². The molecule has 2 unspecified atom stereocenters. The molecule has 0 amide bonds. The number of rotatable bonds is 9. The van der Waals surface area contributed by atoms with Gasteiger partial charge in [0.1, 0.15) is 28.6 Å². The van der Waals surface area contributed by atoms with Crippen molar-refractivity contribution in [3.05, 3.63) is 47.7 Å². The number of fused-ring (bicyclic) bond motifs is 3. The molecule has 7 rings (SSSR count). The van der Waals surface area contributed by atoms with Gasteiger partial charge in [-0.25, -0.2) is 8.78 Å². The Hall–Kier alpha value is -3.67. The highest BCUT2D eigenvalue weighted by Crippen LogP contribution is 2.57. The lowest BCUT2D eigenvalue weighted by molar-refractivity contribution is 0.0447. The number of aryl methyl sites for hydroxylation is 1. The van der Waals surface area contributed by atoms with Gasteiger partial charge in [-0.05, 0) is 93.1 Å². The van der Waals surface area contributed by atoms with E-state index in [4.69, 9.17) is 19.2 Å². The number of likely N-dealkylation sites (tertiary alicyclic amines) is 1. The minimum atomic E-state index is -0.919. The smallest absolute Gasteiger partial charge is 0.319 e. The Bertz CT molecular complexity index is 1800. The summed E-state index contributed by atoms with van der Waals surface area (Å²) in [6.45, 7) is 7.12. The molecule has 0 radical (unpaired) electrons. The fraction of sp³-hybridized carbons (Fsp3) is 0.514. The molecule has 4 heterocycles. The number of hydrogen-bond donors (Lipinski definition) is 1. The minimum Gasteiger partial charge on any atom is -0.468 e. The first-order valence-electron chi connectivity index (χ1n) is 16.1. The maximum absolute atomic E-state index is 17.0. The quantitative estimate of drug-likeness (QED) is 0.232. The van der Waals surface area contributed by atoms with Gasteiger partial charge in [0.2, 0.25) is 0 Å². The number of anilines is 1. The molecule has 1 aliphatic carbocycles. The predicted octanol–water partition coefficient (Wildman–Crippen LogP) is 5.74. The number of nitrogens with zero attached hydrogens (tertiary/aromatic N) is 5. The molecular weight excluding hydrogens is 592 g/mol. The van der Waals surface area contributed by atoms with Gasteiger partial charge in [0, 0.05) is 43.9 Å². The average Bonchev–Trinajstić information content (AvgIpc) is 3.75. The lowest BCUT2D eigenvalue weighted by Crippen LogP contribution is -2.46. The number of methoxy groups -OCH3 is 1. The summed E-state index contributed by atoms with van der Waals surface area (Å²) in [5, 5.41) is 12.6. The van der Waals surface area contributed by atoms with E-state index in [9.17, 15) is 5.11 Å². The normalized spacial score (nSPS) is 24.8. The van der Waals surface area contributed by atoms with Crippen LogP contribution in [0.2, 0.25) is 0 Å². The van der Waals surface area contributed by atoms with E-state index in [2.05, 4.69) is 21.9 Å². The second kappa shape index (κ2) is 11.8. The molecule has 2 aromatic heterocycles. The van der Waals surface area contributed by atoms with Gasteiger partial charge in [-0.2, -0.15) is 9.97 Å². The maximum Gasteiger partial charge on any atom is 0.319 e. The van der Waals surface area contributed by atoms with Gasteiger partial charge in [-0.3, -0.25) is 4.98 Å². The third-order valence-electron chi connectivity index (χ3n) is 10.0. The molecular formula is C35H41F2N5O4. The second-order valence-electron chi connectivity index (χ2n) is 13.6. The Labute approximate surface area is 267 Å². The molecule has 2 aromatic carbocycles. The fourth-order valence-corrected chi connectivity index (χ4v) is 7.60. The first-order chi connectivity index (χ1) is 22.1. The number of benzene rings is 2. The summed E-state index contributed by atoms with van der Waals surface area (Å²) in [6, 6.07) is 6.63. The molecule has 1 N–H and O–H groups in total. The average molecular weight is 634 g/mol. The first kappa shape index (κ1) is 31.0. The summed E-state index contributed by atoms with van der Waals surface area (Å²) in [6.07, 6.45) is 5.63. The van der Waals surface area contributed by atoms with Crippen LogP contribution in [0.25, 0.3) is 32.9 Å². The van der Waals surface area contributed by atoms with E-state index >= 15 is 8.78 Å². The number of ether oxygens (including phenoxy) is 3. The summed E-state index contributed by atoms with van der Waals surface area (Å²) in [7, 11) is 3.65. The van der Waals surface area contributed by atoms with Crippen LogP contribution < -0.4 is 14.4 Å². The highest BCUT2D eigenvalue weighted by molar-refractivity contribution is 6.01. The summed E-state index contributed by atoms with van der Waals surface area (Å²) >= 11 is 0. The largest absolute Gasteiger partial charge is 0.468 e. The topological polar surface area (TPSA) is 93.1 Å². The van der Waals surface area contributed by atoms with Crippen LogP contribution in [-0.4, -0.2) is 84.3 Å². The molecule has 0 spiro atoms. The van der Waals surface area contributed by atoms with Crippen molar-refractivity contribution in [2.24, 2.45) is 11.3 Å². The van der Waals surface area contributed by atoms with Crippen LogP contribution in [0, 0.1) is 23.0 Å². The second-order valence-corrected chi connectivity index (χ2v) is 13.6. The Kier molecular flexibility index (Phi) is 7.97. The van der Waals surface area contributed by atoms with Crippen LogP contribution in [0.5, 0.6) is 11.8 Å². The number of pyridine rings is 1. The zero-order valence-electron chi connectivity index (χ0n) is 26.9. The van der Waals surface area contributed by atoms with Gasteiger partial charge in [0.25, 0.3) is 0 Å². The third-order valence-corrected chi connectivity index (χ3v) is 10.0. The van der Waals surface area contributed by atoms with E-state index < -0.39 is 11.4 Å². The van der Waals surface area contributed by atoms with E-state index in [1.807, 2.05) is 11.8 Å². The van der Waals surface area contributed by atoms with Gasteiger partial charge in [0.15, 0.2) is 12.6 Å². The molecule has 2 saturated heterocycles. The van der Waals surface area contributed by atoms with Gasteiger partial charge >= 0.3 is 6.01 Å². The first-order valence-corrected chi connectivity index (χ1v) is 16.1. The number of hydrogen-bond acceptors (Lipinski definition) is 9. The third kappa shape index (κ3) is 5.62. The standard InChI is InChI=1S/C35H41F2N5O4/c1-5-24-27(36)8-7-21-13-23(46-20-44-4)14-25(28(21)24)30-29(37)31-26(16-38-30)32(42-11-6-10-34(2,43)17-42)40-33(39-31)45-19-35-15-22(35)9-12-41(3)18-35/h7-8,13-14,16,22,43H,5-6,9-12,15,17-20H2,1-4H3/t22?,34-,35?/m1/s1. The summed E-state index contributed by atoms with van der Waals surface area (Å²) in [5.41, 5.74) is 0.0870. The lowest BCUT2D eigenvalue weighted by atomic mass is 9.94. The molecule has 3 atom stereocenters. The van der Waals surface area contributed by atoms with Crippen LogP contribution >= 0.6 is 0 Å². The van der Waals surface area contributed by atoms with Crippen molar-refractivity contribution < 1.29 is 28.1 Å². The van der Waals surface area contributed by atoms with Gasteiger partial charge in [-0.1, -0.05) is 13.0 Å². The summed E-state index contributed by atoms with van der Waals surface area (Å²) < 4.78 is 49.3. The SMILES string of the molecule is CCc1c(F)ccc2cc(OCOC)cc(-c3ncc4c(N5CCC[C@@](C)(O)C5)nc(OCC56CC5CCN(C)C6)nc4c3F)c12. The van der Waals surface area contributed by atoms with Crippen molar-refractivity contribution in [1.29, 1.82) is 0 Å². The van der Waals surface area contributed by atoms with Crippen molar-refractivity contribution in [2.45, 2.75) is 51.6 Å². The van der Waals surface area contributed by atoms with Gasteiger partial charge < -0.3 is 29.1 Å². The van der Waals surface area contributed by atoms with E-state index in [1.165, 1.54) is 13.2 Å². The van der Waals surface area contributed by atoms with Crippen molar-refractivity contribution in [3.8, 4) is 23.0 Å². The predicted molar refractivity (Wildman–Crippen MR) is 172 cm³/mol. The molecule has 244 valence electrons. The highest BCUT2D eigenvalue weighted by atomic mass is 19.1. The van der Waals surface area contributed by atoms with E-state index in [-0.39, 0.29) is 35.2 Å². The Morgan fingerprint density at radius 2 is 1.96 bits per heavy atom. The molecule has 3 fully saturated rings. The van der Waals surface area contributed by atoms with Crippen LogP contribution in [0.15, 0.2) is 30.5 Å². The molecule has 3 aliphatic rings. The van der Waals surface area contributed by atoms with Crippen LogP contribution in [0.3, 0.4) is 0 Å². The minimum absolute atomic E-state index is 0.00452. The Morgan fingerprint density at radius 1 is 1.11 bits per heavy atom. The number of halogens is 2. The van der Waals surface area contributed by atoms with Crippen molar-refractivity contribution in [3.63, 3.8) is 0 Å². The summed E-state index contributed by atoms with van der Waals surface area (Å²) in [5.74, 6) is 0.504. The van der Waals surface area contributed by atoms with Gasteiger partial charge in [0.05, 0.1) is 17.6 Å². The molecule has 9 nitrogen and oxygen atoms in total. The monoisotopic (exact) mass is 633 g/mol. The highest BCUT2D eigenvalue weighted by Gasteiger charge is 2.57. The van der Waals surface area contributed by atoms with Crippen LogP contribution in [0.4, 0.5) is 14.6 Å². The zero-order chi connectivity index (χ0) is 32.2. The van der Waals surface area contributed by atoms with Crippen molar-refractivity contribution in [1.82, 2.24) is 19.9 Å². The zero-order valence-corrected chi connectivity index (χ0v) is 26.9. The molecule has 11 heteroatoms. The van der Waals surface area contributed by atoms with Crippen LogP contribution in [0.1, 0.15) is 45.1 Å². The lowest BCUT2D eigenvalue weighted by Gasteiger charge is -2.38. The number of aliphatic hydroxyl groups is 1. The molecule has 0 bridgehead atoms. The molecule has 1 saturated carbocycles. The van der Waals surface area contributed by atoms with Gasteiger partial charge in [-0.15, -0.1) is 0 Å².